The smallest absolute Gasteiger partial charge is 0.126 e. The first kappa shape index (κ1) is 63.6. The molecule has 4 aromatic carbocycles. The highest BCUT2D eigenvalue weighted by atomic mass is 16.5. The zero-order valence-corrected chi connectivity index (χ0v) is 50.5. The number of hydrogen-bond acceptors (Lipinski definition) is 17. The van der Waals surface area contributed by atoms with Crippen molar-refractivity contribution in [2.45, 2.75) is 73.0 Å². The lowest BCUT2D eigenvalue weighted by Crippen LogP contribution is -2.33. The molecule has 6 N–H and O–H groups in total. The zero-order valence-electron chi connectivity index (χ0n) is 50.5. The van der Waals surface area contributed by atoms with Gasteiger partial charge in [0, 0.05) is 190 Å². The Morgan fingerprint density at radius 3 is 0.780 bits per heavy atom. The number of fused-ring (bicyclic) bond motifs is 8. The number of ether oxygens (including phenoxy) is 8. The van der Waals surface area contributed by atoms with Gasteiger partial charge in [0.2, 0.25) is 0 Å². The van der Waals surface area contributed by atoms with Gasteiger partial charge in [-0.1, -0.05) is 54.6 Å². The molecule has 3 saturated heterocycles. The summed E-state index contributed by atoms with van der Waals surface area (Å²) in [7, 11) is 0. The maximum atomic E-state index is 7.20. The van der Waals surface area contributed by atoms with Gasteiger partial charge in [0.1, 0.15) is 49.4 Å². The van der Waals surface area contributed by atoms with Gasteiger partial charge in [-0.3, -0.25) is 14.7 Å². The lowest BCUT2D eigenvalue weighted by molar-refractivity contribution is 0.108. The van der Waals surface area contributed by atoms with E-state index >= 15 is 0 Å². The molecule has 0 radical (unpaired) electrons. The second kappa shape index (κ2) is 36.4. The highest BCUT2D eigenvalue weighted by Crippen LogP contribution is 2.41. The fourth-order valence-corrected chi connectivity index (χ4v) is 11.7. The summed E-state index contributed by atoms with van der Waals surface area (Å²) in [4.78, 5) is 7.74. The lowest BCUT2D eigenvalue weighted by atomic mass is 9.88. The van der Waals surface area contributed by atoms with Crippen LogP contribution in [0, 0.1) is 0 Å². The van der Waals surface area contributed by atoms with Gasteiger partial charge in [0.25, 0.3) is 0 Å². The van der Waals surface area contributed by atoms with Crippen molar-refractivity contribution in [3.8, 4) is 23.0 Å². The Balaban J connectivity index is 1.37. The summed E-state index contributed by atoms with van der Waals surface area (Å²) < 4.78 is 52.3. The number of nitrogens with zero attached hydrogens (tertiary/aromatic N) is 3. The van der Waals surface area contributed by atoms with Crippen LogP contribution >= 0.6 is 0 Å². The summed E-state index contributed by atoms with van der Waals surface area (Å²) in [5, 5.41) is 21.9. The topological polar surface area (TPSA) is 156 Å². The molecule has 82 heavy (non-hydrogen) atoms. The summed E-state index contributed by atoms with van der Waals surface area (Å²) in [6.45, 7) is 33.8. The van der Waals surface area contributed by atoms with E-state index in [9.17, 15) is 0 Å². The Bertz CT molecular complexity index is 2320. The van der Waals surface area contributed by atoms with Crippen LogP contribution in [0.15, 0.2) is 54.6 Å². The Morgan fingerprint density at radius 2 is 0.537 bits per heavy atom. The number of benzene rings is 4. The molecule has 454 valence electrons. The van der Waals surface area contributed by atoms with E-state index in [0.29, 0.717) is 105 Å². The highest BCUT2D eigenvalue weighted by molar-refractivity contribution is 5.58. The van der Waals surface area contributed by atoms with Gasteiger partial charge >= 0.3 is 0 Å². The molecule has 0 amide bonds. The molecule has 8 bridgehead atoms. The first-order valence-electron chi connectivity index (χ1n) is 31.3. The van der Waals surface area contributed by atoms with Crippen LogP contribution in [-0.2, 0) is 64.3 Å². The molecule has 3 heterocycles. The first-order valence-corrected chi connectivity index (χ1v) is 31.3. The fourth-order valence-electron chi connectivity index (χ4n) is 11.7. The van der Waals surface area contributed by atoms with Crippen molar-refractivity contribution in [1.29, 1.82) is 0 Å². The maximum Gasteiger partial charge on any atom is 0.126 e. The van der Waals surface area contributed by atoms with Crippen molar-refractivity contribution in [3.63, 3.8) is 0 Å². The lowest BCUT2D eigenvalue weighted by Gasteiger charge is -2.27. The minimum absolute atomic E-state index is 0.414. The molecule has 0 spiro atoms. The van der Waals surface area contributed by atoms with Crippen molar-refractivity contribution >= 4 is 0 Å². The molecule has 3 aliphatic heterocycles. The molecule has 17 heteroatoms. The van der Waals surface area contributed by atoms with Crippen LogP contribution in [0.2, 0.25) is 0 Å². The second-order valence-corrected chi connectivity index (χ2v) is 21.9. The van der Waals surface area contributed by atoms with Crippen molar-refractivity contribution in [1.82, 2.24) is 46.6 Å². The molecule has 4 aromatic rings. The number of rotatable bonds is 26. The summed E-state index contributed by atoms with van der Waals surface area (Å²) in [6.07, 6.45) is 2.34. The molecule has 4 aliphatic rings. The fraction of sp³-hybridized carbons (Fsp3) is 0.631. The van der Waals surface area contributed by atoms with E-state index in [-0.39, 0.29) is 0 Å². The van der Waals surface area contributed by atoms with Gasteiger partial charge in [0.05, 0.1) is 26.4 Å². The molecule has 17 nitrogen and oxygen atoms in total. The van der Waals surface area contributed by atoms with Gasteiger partial charge in [-0.25, -0.2) is 0 Å². The van der Waals surface area contributed by atoms with Crippen molar-refractivity contribution in [3.05, 3.63) is 116 Å². The van der Waals surface area contributed by atoms with Crippen molar-refractivity contribution in [2.75, 3.05) is 197 Å². The van der Waals surface area contributed by atoms with E-state index in [1.807, 2.05) is 27.7 Å². The normalized spacial score (nSPS) is 17.7. The van der Waals surface area contributed by atoms with Crippen molar-refractivity contribution in [2.24, 2.45) is 0 Å². The molecule has 0 aromatic heterocycles. The highest BCUT2D eigenvalue weighted by Gasteiger charge is 2.26. The minimum Gasteiger partial charge on any atom is -0.491 e. The second-order valence-electron chi connectivity index (χ2n) is 21.9. The Labute approximate surface area is 491 Å². The van der Waals surface area contributed by atoms with Crippen LogP contribution in [0.4, 0.5) is 0 Å². The summed E-state index contributed by atoms with van der Waals surface area (Å²) in [5.74, 6) is 3.56. The maximum absolute atomic E-state index is 7.20. The van der Waals surface area contributed by atoms with Crippen LogP contribution in [0.3, 0.4) is 0 Å². The SMILES string of the molecule is CCOCCOc1c2cccc1Cc1cc(CN3CCNCCNCC3)cc(c1OCCOCC)Cc1cc(CN3CCNCCNCC3)cc(c1OCCOCC)Cc1cc(CN3CCNCCNCC3)cc(c1OCCOCC)C2. The number of nitrogens with one attached hydrogen (secondary N) is 6. The number of hydrogen-bond donors (Lipinski definition) is 6. The van der Waals surface area contributed by atoms with Crippen LogP contribution in [0.25, 0.3) is 0 Å². The minimum atomic E-state index is 0.414. The molecular formula is C65H101N9O8. The van der Waals surface area contributed by atoms with Crippen LogP contribution in [-0.4, -0.2) is 212 Å². The van der Waals surface area contributed by atoms with Crippen molar-refractivity contribution < 1.29 is 37.9 Å². The standard InChI is InChI=1S/C65H101N9O8/c1-5-75-30-34-79-62-54-10-9-11-55(62)45-57-39-52(49-73-26-20-68-14-15-69-21-27-73)41-59(64(57)81-36-32-77-7-3)47-61-43-53(50-74-28-22-70-16-17-71-23-29-74)42-60(65(61)82-37-33-78-8-4)46-58-40-51(48-72-24-18-66-12-13-67-19-25-72)38-56(44-54)63(58)80-35-31-76-6-2/h9-11,38-43,66-71H,5-8,12-37,44-50H2,1-4H3. The van der Waals surface area contributed by atoms with E-state index in [4.69, 9.17) is 37.9 Å². The Hall–Kier alpha value is -4.44. The number of para-hydroxylation sites is 1. The Kier molecular flexibility index (Phi) is 28.2. The van der Waals surface area contributed by atoms with Crippen LogP contribution < -0.4 is 50.8 Å². The molecular weight excluding hydrogens is 1030 g/mol. The summed E-state index contributed by atoms with van der Waals surface area (Å²) in [6, 6.07) is 21.2. The van der Waals surface area contributed by atoms with Gasteiger partial charge in [-0.05, 0) is 88.9 Å². The third-order valence-electron chi connectivity index (χ3n) is 15.6. The average molecular weight is 1140 g/mol. The van der Waals surface area contributed by atoms with Crippen LogP contribution in [0.5, 0.6) is 23.0 Å². The van der Waals surface area contributed by atoms with E-state index in [1.54, 1.807) is 0 Å². The van der Waals surface area contributed by atoms with Gasteiger partial charge in [-0.15, -0.1) is 0 Å². The zero-order chi connectivity index (χ0) is 56.8. The molecule has 0 saturated carbocycles. The van der Waals surface area contributed by atoms with E-state index in [0.717, 1.165) is 205 Å². The molecule has 0 atom stereocenters. The van der Waals surface area contributed by atoms with Gasteiger partial charge in [-0.2, -0.15) is 0 Å². The van der Waals surface area contributed by atoms with Gasteiger partial charge < -0.3 is 69.8 Å². The van der Waals surface area contributed by atoms with Gasteiger partial charge in [0.15, 0.2) is 0 Å². The predicted molar refractivity (Wildman–Crippen MR) is 328 cm³/mol. The average Bonchev–Trinajstić information content (AvgIpc) is 3.89. The quantitative estimate of drug-likeness (QED) is 0.0411. The third-order valence-corrected chi connectivity index (χ3v) is 15.6. The van der Waals surface area contributed by atoms with E-state index in [2.05, 4.69) is 101 Å². The summed E-state index contributed by atoms with van der Waals surface area (Å²) in [5.41, 5.74) is 12.7. The molecule has 1 aliphatic carbocycles. The Morgan fingerprint density at radius 1 is 0.305 bits per heavy atom. The largest absolute Gasteiger partial charge is 0.491 e. The summed E-state index contributed by atoms with van der Waals surface area (Å²) >= 11 is 0. The first-order chi connectivity index (χ1) is 40.5. The third kappa shape index (κ3) is 20.7. The van der Waals surface area contributed by atoms with E-state index in [1.165, 1.54) is 16.7 Å². The molecule has 0 unspecified atom stereocenters. The molecule has 3 fully saturated rings. The predicted octanol–water partition coefficient (Wildman–Crippen LogP) is 5.01. The molecule has 8 rings (SSSR count). The van der Waals surface area contributed by atoms with E-state index < -0.39 is 0 Å². The monoisotopic (exact) mass is 1140 g/mol. The van der Waals surface area contributed by atoms with Crippen LogP contribution in [0.1, 0.15) is 88.9 Å².